The largest absolute Gasteiger partial charge is 0.260 e. The van der Waals surface area contributed by atoms with Gasteiger partial charge >= 0.3 is 0 Å². The van der Waals surface area contributed by atoms with Crippen LogP contribution in [0.2, 0.25) is 0 Å². The number of aromatic nitrogens is 3. The van der Waals surface area contributed by atoms with Crippen molar-refractivity contribution in [3.63, 3.8) is 0 Å². The Kier molecular flexibility index (Phi) is 1.93. The molecule has 2 aromatic rings. The predicted octanol–water partition coefficient (Wildman–Crippen LogP) is 2.15. The van der Waals surface area contributed by atoms with Crippen LogP contribution >= 0.6 is 0 Å². The molecule has 0 aliphatic heterocycles. The fraction of sp³-hybridized carbons (Fsp3) is 0.300. The molecule has 0 bridgehead atoms. The monoisotopic (exact) mass is 173 g/mol. The van der Waals surface area contributed by atoms with E-state index in [1.165, 1.54) is 0 Å². The lowest BCUT2D eigenvalue weighted by atomic mass is 10.1. The Labute approximate surface area is 76.8 Å². The molecule has 3 heteroatoms. The molecule has 0 saturated carbocycles. The highest BCUT2D eigenvalue weighted by molar-refractivity contribution is 5.79. The quantitative estimate of drug-likeness (QED) is 0.663. The maximum Gasteiger partial charge on any atom is 0.0590 e. The summed E-state index contributed by atoms with van der Waals surface area (Å²) in [7, 11) is 0. The third kappa shape index (κ3) is 1.49. The van der Waals surface area contributed by atoms with Crippen LogP contribution in [0, 0.1) is 0 Å². The van der Waals surface area contributed by atoms with Crippen LogP contribution in [0.25, 0.3) is 10.8 Å². The van der Waals surface area contributed by atoms with Gasteiger partial charge in [-0.3, -0.25) is 4.98 Å². The van der Waals surface area contributed by atoms with E-state index in [0.29, 0.717) is 5.92 Å². The minimum Gasteiger partial charge on any atom is -0.260 e. The van der Waals surface area contributed by atoms with Crippen LogP contribution in [0.4, 0.5) is 0 Å². The summed E-state index contributed by atoms with van der Waals surface area (Å²) < 4.78 is 0. The zero-order valence-corrected chi connectivity index (χ0v) is 7.73. The van der Waals surface area contributed by atoms with Gasteiger partial charge in [-0.1, -0.05) is 13.8 Å². The summed E-state index contributed by atoms with van der Waals surface area (Å²) in [5, 5.41) is 9.78. The molecule has 0 fully saturated rings. The molecule has 0 unspecified atom stereocenters. The van der Waals surface area contributed by atoms with Gasteiger partial charge < -0.3 is 0 Å². The van der Waals surface area contributed by atoms with Crippen molar-refractivity contribution in [3.8, 4) is 0 Å². The van der Waals surface area contributed by atoms with Gasteiger partial charge in [0.2, 0.25) is 0 Å². The van der Waals surface area contributed by atoms with E-state index in [0.717, 1.165) is 16.5 Å². The molecular formula is C10H11N3. The molecule has 2 rings (SSSR count). The van der Waals surface area contributed by atoms with Crippen molar-refractivity contribution in [3.05, 3.63) is 30.4 Å². The van der Waals surface area contributed by atoms with Gasteiger partial charge in [0.25, 0.3) is 0 Å². The number of rotatable bonds is 1. The molecule has 2 heterocycles. The zero-order chi connectivity index (χ0) is 9.26. The lowest BCUT2D eigenvalue weighted by Gasteiger charge is -2.04. The first kappa shape index (κ1) is 8.10. The summed E-state index contributed by atoms with van der Waals surface area (Å²) in [6.45, 7) is 4.26. The van der Waals surface area contributed by atoms with Crippen molar-refractivity contribution in [2.75, 3.05) is 0 Å². The fourth-order valence-corrected chi connectivity index (χ4v) is 1.23. The zero-order valence-electron chi connectivity index (χ0n) is 7.73. The van der Waals surface area contributed by atoms with E-state index in [1.54, 1.807) is 12.4 Å². The molecule has 0 aliphatic rings. The first-order chi connectivity index (χ1) is 6.27. The van der Waals surface area contributed by atoms with Crippen LogP contribution in [-0.2, 0) is 0 Å². The number of pyridine rings is 1. The standard InChI is InChI=1S/C10H11N3/c1-7(2)10-3-8-5-12-13-6-9(8)4-11-10/h3-7H,1-2H3. The Bertz CT molecular complexity index is 423. The second-order valence-electron chi connectivity index (χ2n) is 3.38. The van der Waals surface area contributed by atoms with E-state index in [9.17, 15) is 0 Å². The molecule has 0 spiro atoms. The van der Waals surface area contributed by atoms with Gasteiger partial charge in [-0.25, -0.2) is 0 Å². The molecule has 0 aromatic carbocycles. The molecule has 0 radical (unpaired) electrons. The van der Waals surface area contributed by atoms with E-state index >= 15 is 0 Å². The van der Waals surface area contributed by atoms with Gasteiger partial charge in [0, 0.05) is 22.7 Å². The molecule has 0 atom stereocenters. The smallest absolute Gasteiger partial charge is 0.0590 e. The highest BCUT2D eigenvalue weighted by atomic mass is 15.1. The number of nitrogens with zero attached hydrogens (tertiary/aromatic N) is 3. The van der Waals surface area contributed by atoms with Crippen molar-refractivity contribution >= 4 is 10.8 Å². The molecule has 66 valence electrons. The lowest BCUT2D eigenvalue weighted by Crippen LogP contribution is -1.92. The van der Waals surface area contributed by atoms with Crippen molar-refractivity contribution < 1.29 is 0 Å². The molecule has 3 nitrogen and oxygen atoms in total. The Morgan fingerprint density at radius 3 is 2.38 bits per heavy atom. The molecule has 2 aromatic heterocycles. The minimum atomic E-state index is 0.456. The number of hydrogen-bond donors (Lipinski definition) is 0. The number of hydrogen-bond acceptors (Lipinski definition) is 3. The van der Waals surface area contributed by atoms with Gasteiger partial charge in [0.05, 0.1) is 12.4 Å². The van der Waals surface area contributed by atoms with Gasteiger partial charge in [-0.15, -0.1) is 0 Å². The summed E-state index contributed by atoms with van der Waals surface area (Å²) in [6, 6.07) is 2.06. The van der Waals surface area contributed by atoms with Gasteiger partial charge in [-0.05, 0) is 12.0 Å². The predicted molar refractivity (Wildman–Crippen MR) is 51.4 cm³/mol. The van der Waals surface area contributed by atoms with E-state index in [-0.39, 0.29) is 0 Å². The maximum atomic E-state index is 4.34. The maximum absolute atomic E-state index is 4.34. The van der Waals surface area contributed by atoms with Crippen LogP contribution in [0.15, 0.2) is 24.7 Å². The Morgan fingerprint density at radius 1 is 1.00 bits per heavy atom. The molecule has 13 heavy (non-hydrogen) atoms. The molecule has 0 aliphatic carbocycles. The van der Waals surface area contributed by atoms with Gasteiger partial charge in [-0.2, -0.15) is 10.2 Å². The van der Waals surface area contributed by atoms with Gasteiger partial charge in [0.15, 0.2) is 0 Å². The Balaban J connectivity index is 2.62. The Hall–Kier alpha value is -1.51. The highest BCUT2D eigenvalue weighted by Gasteiger charge is 2.01. The summed E-state index contributed by atoms with van der Waals surface area (Å²) in [6.07, 6.45) is 5.34. The van der Waals surface area contributed by atoms with Crippen LogP contribution in [0.1, 0.15) is 25.5 Å². The third-order valence-electron chi connectivity index (χ3n) is 2.04. The van der Waals surface area contributed by atoms with Gasteiger partial charge in [0.1, 0.15) is 0 Å². The molecule has 0 N–H and O–H groups in total. The van der Waals surface area contributed by atoms with Crippen LogP contribution in [-0.4, -0.2) is 15.2 Å². The molecular weight excluding hydrogens is 162 g/mol. The molecule has 0 amide bonds. The minimum absolute atomic E-state index is 0.456. The summed E-state index contributed by atoms with van der Waals surface area (Å²) in [5.41, 5.74) is 1.10. The normalized spacial score (nSPS) is 11.0. The summed E-state index contributed by atoms with van der Waals surface area (Å²) in [4.78, 5) is 4.34. The SMILES string of the molecule is CC(C)c1cc2cnncc2cn1. The second kappa shape index (κ2) is 3.09. The fourth-order valence-electron chi connectivity index (χ4n) is 1.23. The van der Waals surface area contributed by atoms with Crippen LogP contribution in [0.3, 0.4) is 0 Å². The lowest BCUT2D eigenvalue weighted by molar-refractivity contribution is 0.825. The van der Waals surface area contributed by atoms with E-state index < -0.39 is 0 Å². The van der Waals surface area contributed by atoms with E-state index in [4.69, 9.17) is 0 Å². The average molecular weight is 173 g/mol. The van der Waals surface area contributed by atoms with Crippen LogP contribution in [0.5, 0.6) is 0 Å². The van der Waals surface area contributed by atoms with Crippen molar-refractivity contribution in [2.45, 2.75) is 19.8 Å². The first-order valence-corrected chi connectivity index (χ1v) is 4.33. The summed E-state index contributed by atoms with van der Waals surface area (Å²) >= 11 is 0. The Morgan fingerprint density at radius 2 is 1.69 bits per heavy atom. The van der Waals surface area contributed by atoms with E-state index in [1.807, 2.05) is 6.20 Å². The average Bonchev–Trinajstić information content (AvgIpc) is 2.17. The first-order valence-electron chi connectivity index (χ1n) is 4.33. The van der Waals surface area contributed by atoms with Crippen molar-refractivity contribution in [2.24, 2.45) is 0 Å². The second-order valence-corrected chi connectivity index (χ2v) is 3.38. The highest BCUT2D eigenvalue weighted by Crippen LogP contribution is 2.16. The topological polar surface area (TPSA) is 38.7 Å². The number of fused-ring (bicyclic) bond motifs is 1. The summed E-state index contributed by atoms with van der Waals surface area (Å²) in [5.74, 6) is 0.456. The molecule has 0 saturated heterocycles. The van der Waals surface area contributed by atoms with Crippen molar-refractivity contribution in [1.29, 1.82) is 0 Å². The van der Waals surface area contributed by atoms with Crippen molar-refractivity contribution in [1.82, 2.24) is 15.2 Å². The van der Waals surface area contributed by atoms with Crippen LogP contribution < -0.4 is 0 Å². The third-order valence-corrected chi connectivity index (χ3v) is 2.04. The van der Waals surface area contributed by atoms with E-state index in [2.05, 4.69) is 35.1 Å².